The molecule has 1 rings (SSSR count). The van der Waals surface area contributed by atoms with Crippen molar-refractivity contribution in [3.05, 3.63) is 0 Å². The van der Waals surface area contributed by atoms with Crippen LogP contribution in [0.1, 0.15) is 34.6 Å². The van der Waals surface area contributed by atoms with Crippen molar-refractivity contribution in [2.24, 2.45) is 5.73 Å². The van der Waals surface area contributed by atoms with E-state index in [1.54, 1.807) is 0 Å². The second-order valence-corrected chi connectivity index (χ2v) is 6.94. The van der Waals surface area contributed by atoms with Gasteiger partial charge in [-0.2, -0.15) is 0 Å². The third-order valence-electron chi connectivity index (χ3n) is 3.75. The Labute approximate surface area is 129 Å². The summed E-state index contributed by atoms with van der Waals surface area (Å²) in [7, 11) is 0. The predicted octanol–water partition coefficient (Wildman–Crippen LogP) is 0.864. The maximum absolute atomic E-state index is 11.7. The van der Waals surface area contributed by atoms with Crippen LogP contribution in [0.4, 0.5) is 4.79 Å². The molecule has 1 unspecified atom stereocenters. The zero-order valence-electron chi connectivity index (χ0n) is 14.2. The molecule has 6 heteroatoms. The molecule has 0 saturated carbocycles. The minimum absolute atomic E-state index is 0.173. The number of carbonyl (C=O) groups excluding carboxylic acids is 1. The van der Waals surface area contributed by atoms with Crippen LogP contribution in [0, 0.1) is 0 Å². The number of ether oxygens (including phenoxy) is 1. The van der Waals surface area contributed by atoms with E-state index in [0.717, 1.165) is 26.2 Å². The van der Waals surface area contributed by atoms with Crippen LogP contribution in [0.15, 0.2) is 0 Å². The van der Waals surface area contributed by atoms with E-state index in [1.807, 2.05) is 20.8 Å². The minimum atomic E-state index is -0.467. The summed E-state index contributed by atoms with van der Waals surface area (Å²) in [6, 6.07) is 0.759. The number of piperazine rings is 1. The number of alkyl carbamates (subject to hydrolysis) is 1. The molecule has 0 bridgehead atoms. The van der Waals surface area contributed by atoms with Crippen LogP contribution in [0.2, 0.25) is 0 Å². The Bertz CT molecular complexity index is 320. The molecule has 0 spiro atoms. The second kappa shape index (κ2) is 7.96. The molecule has 124 valence electrons. The molecule has 1 aliphatic rings. The first-order chi connectivity index (χ1) is 9.73. The molecular weight excluding hydrogens is 268 g/mol. The summed E-state index contributed by atoms with van der Waals surface area (Å²) in [6.45, 7) is 15.2. The molecule has 0 radical (unpaired) electrons. The Morgan fingerprint density at radius 3 is 2.14 bits per heavy atom. The van der Waals surface area contributed by atoms with E-state index in [4.69, 9.17) is 10.5 Å². The SMILES string of the molecule is CC(C)N1CCN(C(CN)CNC(=O)OC(C)(C)C)CC1. The van der Waals surface area contributed by atoms with Crippen molar-refractivity contribution in [2.45, 2.75) is 52.3 Å². The van der Waals surface area contributed by atoms with Crippen LogP contribution in [0.25, 0.3) is 0 Å². The largest absolute Gasteiger partial charge is 0.444 e. The van der Waals surface area contributed by atoms with Gasteiger partial charge in [-0.05, 0) is 34.6 Å². The van der Waals surface area contributed by atoms with Crippen LogP contribution >= 0.6 is 0 Å². The summed E-state index contributed by atoms with van der Waals surface area (Å²) in [4.78, 5) is 16.5. The van der Waals surface area contributed by atoms with Gasteiger partial charge in [-0.15, -0.1) is 0 Å². The lowest BCUT2D eigenvalue weighted by atomic mass is 10.2. The summed E-state index contributed by atoms with van der Waals surface area (Å²) in [5, 5.41) is 2.83. The third kappa shape index (κ3) is 6.63. The molecule has 1 saturated heterocycles. The highest BCUT2D eigenvalue weighted by atomic mass is 16.6. The Morgan fingerprint density at radius 1 is 1.19 bits per heavy atom. The van der Waals surface area contributed by atoms with Gasteiger partial charge in [-0.25, -0.2) is 4.79 Å². The fourth-order valence-corrected chi connectivity index (χ4v) is 2.50. The number of amides is 1. The lowest BCUT2D eigenvalue weighted by Crippen LogP contribution is -2.56. The van der Waals surface area contributed by atoms with Gasteiger partial charge in [-0.3, -0.25) is 9.80 Å². The summed E-state index contributed by atoms with van der Waals surface area (Å²) in [5.41, 5.74) is 5.40. The van der Waals surface area contributed by atoms with E-state index in [-0.39, 0.29) is 12.1 Å². The molecule has 0 aliphatic carbocycles. The third-order valence-corrected chi connectivity index (χ3v) is 3.75. The topological polar surface area (TPSA) is 70.8 Å². The van der Waals surface area contributed by atoms with Crippen LogP contribution in [0.5, 0.6) is 0 Å². The van der Waals surface area contributed by atoms with Gasteiger partial charge in [0.15, 0.2) is 0 Å². The van der Waals surface area contributed by atoms with Gasteiger partial charge < -0.3 is 15.8 Å². The van der Waals surface area contributed by atoms with Crippen molar-refractivity contribution in [3.63, 3.8) is 0 Å². The number of nitrogens with zero attached hydrogens (tertiary/aromatic N) is 2. The molecule has 6 nitrogen and oxygen atoms in total. The molecule has 1 atom stereocenters. The van der Waals surface area contributed by atoms with E-state index in [0.29, 0.717) is 19.1 Å². The van der Waals surface area contributed by atoms with E-state index in [9.17, 15) is 4.79 Å². The Hall–Kier alpha value is -0.850. The van der Waals surface area contributed by atoms with E-state index in [2.05, 4.69) is 29.0 Å². The number of hydrogen-bond acceptors (Lipinski definition) is 5. The standard InChI is InChI=1S/C15H32N4O2/c1-12(2)18-6-8-19(9-7-18)13(10-16)11-17-14(20)21-15(3,4)5/h12-13H,6-11,16H2,1-5H3,(H,17,20). The van der Waals surface area contributed by atoms with Crippen LogP contribution in [-0.4, -0.2) is 72.8 Å². The fourth-order valence-electron chi connectivity index (χ4n) is 2.50. The highest BCUT2D eigenvalue weighted by molar-refractivity contribution is 5.67. The maximum atomic E-state index is 11.7. The lowest BCUT2D eigenvalue weighted by molar-refractivity contribution is 0.0476. The van der Waals surface area contributed by atoms with Gasteiger partial charge in [0.25, 0.3) is 0 Å². The van der Waals surface area contributed by atoms with Gasteiger partial charge in [-0.1, -0.05) is 0 Å². The quantitative estimate of drug-likeness (QED) is 0.788. The van der Waals surface area contributed by atoms with E-state index >= 15 is 0 Å². The van der Waals surface area contributed by atoms with Gasteiger partial charge in [0, 0.05) is 51.4 Å². The van der Waals surface area contributed by atoms with Crippen molar-refractivity contribution in [1.82, 2.24) is 15.1 Å². The molecular formula is C15H32N4O2. The summed E-state index contributed by atoms with van der Waals surface area (Å²) < 4.78 is 5.25. The maximum Gasteiger partial charge on any atom is 0.407 e. The summed E-state index contributed by atoms with van der Waals surface area (Å²) >= 11 is 0. The van der Waals surface area contributed by atoms with Crippen molar-refractivity contribution in [2.75, 3.05) is 39.3 Å². The first kappa shape index (κ1) is 18.2. The minimum Gasteiger partial charge on any atom is -0.444 e. The zero-order valence-corrected chi connectivity index (χ0v) is 14.2. The van der Waals surface area contributed by atoms with Gasteiger partial charge in [0.1, 0.15) is 5.60 Å². The number of hydrogen-bond donors (Lipinski definition) is 2. The van der Waals surface area contributed by atoms with Crippen molar-refractivity contribution >= 4 is 6.09 Å². The molecule has 0 aromatic heterocycles. The van der Waals surface area contributed by atoms with Crippen LogP contribution < -0.4 is 11.1 Å². The first-order valence-electron chi connectivity index (χ1n) is 7.88. The summed E-state index contributed by atoms with van der Waals surface area (Å²) in [5.74, 6) is 0. The lowest BCUT2D eigenvalue weighted by Gasteiger charge is -2.40. The average molecular weight is 300 g/mol. The second-order valence-electron chi connectivity index (χ2n) is 6.94. The smallest absolute Gasteiger partial charge is 0.407 e. The molecule has 1 amide bonds. The van der Waals surface area contributed by atoms with Crippen molar-refractivity contribution in [1.29, 1.82) is 0 Å². The van der Waals surface area contributed by atoms with Gasteiger partial charge >= 0.3 is 6.09 Å². The Balaban J connectivity index is 2.37. The fraction of sp³-hybridized carbons (Fsp3) is 0.933. The first-order valence-corrected chi connectivity index (χ1v) is 7.88. The Morgan fingerprint density at radius 2 is 1.71 bits per heavy atom. The highest BCUT2D eigenvalue weighted by Crippen LogP contribution is 2.09. The summed E-state index contributed by atoms with van der Waals surface area (Å²) in [6.07, 6.45) is -0.373. The van der Waals surface area contributed by atoms with Crippen LogP contribution in [-0.2, 0) is 4.74 Å². The number of nitrogens with one attached hydrogen (secondary N) is 1. The molecule has 0 aromatic rings. The predicted molar refractivity (Wildman–Crippen MR) is 85.4 cm³/mol. The normalized spacial score (nSPS) is 19.6. The van der Waals surface area contributed by atoms with Crippen molar-refractivity contribution in [3.8, 4) is 0 Å². The molecule has 1 heterocycles. The number of nitrogens with two attached hydrogens (primary N) is 1. The van der Waals surface area contributed by atoms with Crippen LogP contribution in [0.3, 0.4) is 0 Å². The zero-order chi connectivity index (χ0) is 16.0. The van der Waals surface area contributed by atoms with E-state index in [1.165, 1.54) is 0 Å². The molecule has 3 N–H and O–H groups in total. The van der Waals surface area contributed by atoms with E-state index < -0.39 is 5.60 Å². The monoisotopic (exact) mass is 300 g/mol. The highest BCUT2D eigenvalue weighted by Gasteiger charge is 2.25. The number of carbonyl (C=O) groups is 1. The average Bonchev–Trinajstić information content (AvgIpc) is 2.38. The Kier molecular flexibility index (Phi) is 6.90. The molecule has 21 heavy (non-hydrogen) atoms. The van der Waals surface area contributed by atoms with Gasteiger partial charge in [0.2, 0.25) is 0 Å². The molecule has 0 aromatic carbocycles. The molecule has 1 fully saturated rings. The number of rotatable bonds is 5. The van der Waals surface area contributed by atoms with Crippen molar-refractivity contribution < 1.29 is 9.53 Å². The van der Waals surface area contributed by atoms with Gasteiger partial charge in [0.05, 0.1) is 0 Å². The molecule has 1 aliphatic heterocycles.